The number of fused-ring (bicyclic) bond motifs is 1. The highest BCUT2D eigenvalue weighted by atomic mass is 32.2. The van der Waals surface area contributed by atoms with E-state index in [1.54, 1.807) is 0 Å². The van der Waals surface area contributed by atoms with E-state index in [4.69, 9.17) is 5.73 Å². The lowest BCUT2D eigenvalue weighted by molar-refractivity contribution is 0.0966. The first-order valence-electron chi connectivity index (χ1n) is 10.9. The number of hydrogen-bond donors (Lipinski definition) is 3. The molecule has 33 heavy (non-hydrogen) atoms. The number of primary amides is 1. The van der Waals surface area contributed by atoms with Gasteiger partial charge in [-0.25, -0.2) is 13.2 Å². The van der Waals surface area contributed by atoms with E-state index < -0.39 is 27.9 Å². The van der Waals surface area contributed by atoms with Crippen molar-refractivity contribution >= 4 is 44.2 Å². The Hall–Kier alpha value is -2.76. The third kappa shape index (κ3) is 4.94. The maximum atomic E-state index is 12.9. The number of carbonyl (C=O) groups excluding carboxylic acids is 3. The predicted molar refractivity (Wildman–Crippen MR) is 125 cm³/mol. The molecule has 0 unspecified atom stereocenters. The first kappa shape index (κ1) is 23.4. The van der Waals surface area contributed by atoms with Crippen LogP contribution in [0.1, 0.15) is 63.3 Å². The van der Waals surface area contributed by atoms with Crippen molar-refractivity contribution in [2.45, 2.75) is 49.8 Å². The number of benzene rings is 1. The average Bonchev–Trinajstić information content (AvgIpc) is 3.22. The zero-order chi connectivity index (χ0) is 23.6. The summed E-state index contributed by atoms with van der Waals surface area (Å²) in [6.45, 7) is 1.01. The Labute approximate surface area is 196 Å². The Kier molecular flexibility index (Phi) is 6.82. The summed E-state index contributed by atoms with van der Waals surface area (Å²) in [5.41, 5.74) is 6.45. The van der Waals surface area contributed by atoms with E-state index in [2.05, 4.69) is 10.6 Å². The van der Waals surface area contributed by atoms with Crippen LogP contribution in [0.15, 0.2) is 29.2 Å². The van der Waals surface area contributed by atoms with Crippen molar-refractivity contribution in [3.63, 3.8) is 0 Å². The molecule has 1 aliphatic heterocycles. The van der Waals surface area contributed by atoms with E-state index in [9.17, 15) is 22.8 Å². The molecule has 4 amide bonds. The van der Waals surface area contributed by atoms with Crippen LogP contribution in [0.2, 0.25) is 0 Å². The summed E-state index contributed by atoms with van der Waals surface area (Å²) in [6.07, 6.45) is 6.13. The molecule has 1 aromatic heterocycles. The number of nitrogens with two attached hydrogens (primary N) is 1. The van der Waals surface area contributed by atoms with Crippen molar-refractivity contribution < 1.29 is 22.8 Å². The predicted octanol–water partition coefficient (Wildman–Crippen LogP) is 2.86. The average molecular weight is 491 g/mol. The largest absolute Gasteiger partial charge is 0.351 e. The van der Waals surface area contributed by atoms with Crippen molar-refractivity contribution in [2.24, 2.45) is 5.73 Å². The molecule has 2 aromatic rings. The number of nitrogens with zero attached hydrogens (tertiary/aromatic N) is 1. The van der Waals surface area contributed by atoms with Crippen LogP contribution in [0, 0.1) is 0 Å². The fourth-order valence-electron chi connectivity index (χ4n) is 4.29. The van der Waals surface area contributed by atoms with Gasteiger partial charge >= 0.3 is 6.03 Å². The highest BCUT2D eigenvalue weighted by Crippen LogP contribution is 2.39. The second-order valence-corrected chi connectivity index (χ2v) is 11.2. The molecule has 1 fully saturated rings. The molecule has 176 valence electrons. The van der Waals surface area contributed by atoms with Crippen LogP contribution in [-0.2, 0) is 22.9 Å². The van der Waals surface area contributed by atoms with Crippen LogP contribution in [0.5, 0.6) is 0 Å². The number of aryl methyl sites for hydroxylation is 1. The maximum Gasteiger partial charge on any atom is 0.319 e. The van der Waals surface area contributed by atoms with Crippen LogP contribution < -0.4 is 16.4 Å². The first-order valence-corrected chi connectivity index (χ1v) is 13.2. The fourth-order valence-corrected chi connectivity index (χ4v) is 7.09. The number of amides is 4. The Bertz CT molecular complexity index is 1180. The maximum absolute atomic E-state index is 12.9. The molecule has 1 aliphatic carbocycles. The minimum atomic E-state index is -3.61. The van der Waals surface area contributed by atoms with Gasteiger partial charge in [-0.2, -0.15) is 4.31 Å². The van der Waals surface area contributed by atoms with Gasteiger partial charge in [-0.15, -0.1) is 11.3 Å². The lowest BCUT2D eigenvalue weighted by Gasteiger charge is -2.20. The van der Waals surface area contributed by atoms with Gasteiger partial charge in [0.15, 0.2) is 0 Å². The fraction of sp³-hybridized carbons (Fsp3) is 0.409. The molecule has 0 atom stereocenters. The molecular formula is C22H26N4O5S2. The topological polar surface area (TPSA) is 139 Å². The third-order valence-corrected chi connectivity index (χ3v) is 9.05. The summed E-state index contributed by atoms with van der Waals surface area (Å²) in [6, 6.07) is 4.83. The van der Waals surface area contributed by atoms with Gasteiger partial charge in [-0.1, -0.05) is 12.8 Å². The summed E-state index contributed by atoms with van der Waals surface area (Å²) in [5, 5.41) is 5.17. The van der Waals surface area contributed by atoms with Gasteiger partial charge in [0.05, 0.1) is 10.5 Å². The Balaban J connectivity index is 1.53. The number of thiophene rings is 1. The molecule has 1 saturated heterocycles. The lowest BCUT2D eigenvalue weighted by atomic mass is 10.1. The SMILES string of the molecule is NC(=O)NC(=O)c1c(NC(=O)c2ccc(S(=O)(=O)N3CCCCCC3)cc2)sc2c1CCC2. The Morgan fingerprint density at radius 2 is 1.58 bits per heavy atom. The summed E-state index contributed by atoms with van der Waals surface area (Å²) in [4.78, 5) is 37.7. The van der Waals surface area contributed by atoms with Crippen LogP contribution >= 0.6 is 11.3 Å². The van der Waals surface area contributed by atoms with E-state index in [0.717, 1.165) is 49.0 Å². The molecule has 4 N–H and O–H groups in total. The van der Waals surface area contributed by atoms with E-state index in [1.807, 2.05) is 0 Å². The van der Waals surface area contributed by atoms with E-state index in [0.29, 0.717) is 24.5 Å². The van der Waals surface area contributed by atoms with Crippen LogP contribution in [0.4, 0.5) is 9.80 Å². The van der Waals surface area contributed by atoms with Gasteiger partial charge in [0, 0.05) is 23.5 Å². The summed E-state index contributed by atoms with van der Waals surface area (Å²) in [5.74, 6) is -1.11. The second-order valence-electron chi connectivity index (χ2n) is 8.18. The van der Waals surface area contributed by atoms with Gasteiger partial charge < -0.3 is 11.1 Å². The summed E-state index contributed by atoms with van der Waals surface area (Å²) in [7, 11) is -3.61. The zero-order valence-electron chi connectivity index (χ0n) is 18.1. The molecule has 0 radical (unpaired) electrons. The highest BCUT2D eigenvalue weighted by Gasteiger charge is 2.29. The quantitative estimate of drug-likeness (QED) is 0.591. The molecule has 0 bridgehead atoms. The van der Waals surface area contributed by atoms with Crippen LogP contribution in [-0.4, -0.2) is 43.7 Å². The normalized spacial score (nSPS) is 16.6. The van der Waals surface area contributed by atoms with Crippen molar-refractivity contribution in [1.29, 1.82) is 0 Å². The molecule has 1 aromatic carbocycles. The lowest BCUT2D eigenvalue weighted by Crippen LogP contribution is -2.35. The minimum absolute atomic E-state index is 0.151. The number of imide groups is 1. The number of hydrogen-bond acceptors (Lipinski definition) is 6. The second kappa shape index (κ2) is 9.62. The van der Waals surface area contributed by atoms with E-state index in [-0.39, 0.29) is 16.0 Å². The van der Waals surface area contributed by atoms with Crippen molar-refractivity contribution in [3.8, 4) is 0 Å². The molecule has 11 heteroatoms. The Morgan fingerprint density at radius 1 is 0.909 bits per heavy atom. The molecule has 2 aliphatic rings. The number of anilines is 1. The monoisotopic (exact) mass is 490 g/mol. The molecule has 4 rings (SSSR count). The van der Waals surface area contributed by atoms with Crippen molar-refractivity contribution in [1.82, 2.24) is 9.62 Å². The van der Waals surface area contributed by atoms with Crippen LogP contribution in [0.25, 0.3) is 0 Å². The third-order valence-electron chi connectivity index (χ3n) is 5.93. The van der Waals surface area contributed by atoms with Gasteiger partial charge in [0.1, 0.15) is 5.00 Å². The highest BCUT2D eigenvalue weighted by molar-refractivity contribution is 7.89. The molecular weight excluding hydrogens is 464 g/mol. The van der Waals surface area contributed by atoms with Gasteiger partial charge in [0.2, 0.25) is 10.0 Å². The van der Waals surface area contributed by atoms with Gasteiger partial charge in [0.25, 0.3) is 11.8 Å². The number of carbonyl (C=O) groups is 3. The number of urea groups is 1. The van der Waals surface area contributed by atoms with E-state index in [1.165, 1.54) is 39.9 Å². The number of sulfonamides is 1. The summed E-state index contributed by atoms with van der Waals surface area (Å²) >= 11 is 1.31. The molecule has 9 nitrogen and oxygen atoms in total. The van der Waals surface area contributed by atoms with Crippen molar-refractivity contribution in [2.75, 3.05) is 18.4 Å². The molecule has 2 heterocycles. The standard InChI is InChI=1S/C22H26N4O5S2/c23-22(29)25-20(28)18-16-6-5-7-17(16)32-21(18)24-19(27)14-8-10-15(11-9-14)33(30,31)26-12-3-1-2-4-13-26/h8-11H,1-7,12-13H2,(H,24,27)(H3,23,25,28,29). The van der Waals surface area contributed by atoms with E-state index >= 15 is 0 Å². The Morgan fingerprint density at radius 3 is 2.21 bits per heavy atom. The van der Waals surface area contributed by atoms with Gasteiger partial charge in [-0.3, -0.25) is 14.9 Å². The number of rotatable bonds is 5. The number of nitrogens with one attached hydrogen (secondary N) is 2. The van der Waals surface area contributed by atoms with Crippen LogP contribution in [0.3, 0.4) is 0 Å². The van der Waals surface area contributed by atoms with Gasteiger partial charge in [-0.05, 0) is 61.9 Å². The smallest absolute Gasteiger partial charge is 0.319 e. The summed E-state index contributed by atoms with van der Waals surface area (Å²) < 4.78 is 27.4. The minimum Gasteiger partial charge on any atom is -0.351 e. The zero-order valence-corrected chi connectivity index (χ0v) is 19.7. The molecule has 0 saturated carbocycles. The first-order chi connectivity index (χ1) is 15.8. The van der Waals surface area contributed by atoms with Crippen molar-refractivity contribution in [3.05, 3.63) is 45.8 Å². The molecule has 0 spiro atoms.